The Morgan fingerprint density at radius 2 is 1.85 bits per heavy atom. The van der Waals surface area contributed by atoms with Crippen LogP contribution in [-0.4, -0.2) is 4.98 Å². The van der Waals surface area contributed by atoms with Gasteiger partial charge in [0, 0.05) is 27.3 Å². The standard InChI is InChI=1S/C16H12BrClN2/c17-11-5-6-13(15(18)7-11)16(19)14-9-20-8-10-3-1-2-4-12(10)14/h1-9,16H,19H2. The SMILES string of the molecule is NC(c1ccc(Br)cc1Cl)c1cncc2ccccc12. The molecule has 4 heteroatoms. The number of aromatic nitrogens is 1. The number of hydrogen-bond acceptors (Lipinski definition) is 2. The van der Waals surface area contributed by atoms with Crippen molar-refractivity contribution in [2.24, 2.45) is 5.73 Å². The van der Waals surface area contributed by atoms with Crippen molar-refractivity contribution >= 4 is 38.3 Å². The fraction of sp³-hybridized carbons (Fsp3) is 0.0625. The van der Waals surface area contributed by atoms with E-state index in [4.69, 9.17) is 17.3 Å². The zero-order chi connectivity index (χ0) is 14.1. The normalized spacial score (nSPS) is 12.6. The molecule has 2 N–H and O–H groups in total. The van der Waals surface area contributed by atoms with Crippen LogP contribution in [-0.2, 0) is 0 Å². The quantitative estimate of drug-likeness (QED) is 0.730. The third-order valence-electron chi connectivity index (χ3n) is 3.33. The summed E-state index contributed by atoms with van der Waals surface area (Å²) in [5, 5.41) is 2.84. The number of nitrogens with two attached hydrogens (primary N) is 1. The van der Waals surface area contributed by atoms with Gasteiger partial charge in [0.2, 0.25) is 0 Å². The molecular weight excluding hydrogens is 336 g/mol. The molecule has 0 aliphatic rings. The van der Waals surface area contributed by atoms with Crippen molar-refractivity contribution in [2.75, 3.05) is 0 Å². The molecule has 0 bridgehead atoms. The molecular formula is C16H12BrClN2. The number of halogens is 2. The van der Waals surface area contributed by atoms with Gasteiger partial charge in [0.15, 0.2) is 0 Å². The van der Waals surface area contributed by atoms with Crippen LogP contribution in [0, 0.1) is 0 Å². The fourth-order valence-electron chi connectivity index (χ4n) is 2.31. The van der Waals surface area contributed by atoms with E-state index < -0.39 is 0 Å². The smallest absolute Gasteiger partial charge is 0.0587 e. The molecule has 2 nitrogen and oxygen atoms in total. The minimum Gasteiger partial charge on any atom is -0.320 e. The van der Waals surface area contributed by atoms with Crippen LogP contribution in [0.4, 0.5) is 0 Å². The largest absolute Gasteiger partial charge is 0.320 e. The molecule has 1 aromatic heterocycles. The van der Waals surface area contributed by atoms with Crippen LogP contribution in [0.1, 0.15) is 17.2 Å². The molecule has 0 fully saturated rings. The van der Waals surface area contributed by atoms with Gasteiger partial charge in [0.25, 0.3) is 0 Å². The molecule has 0 aliphatic heterocycles. The predicted molar refractivity (Wildman–Crippen MR) is 86.9 cm³/mol. The van der Waals surface area contributed by atoms with Crippen molar-refractivity contribution < 1.29 is 0 Å². The summed E-state index contributed by atoms with van der Waals surface area (Å²) in [5.41, 5.74) is 8.27. The van der Waals surface area contributed by atoms with Gasteiger partial charge in [-0.05, 0) is 28.6 Å². The Labute approximate surface area is 130 Å². The summed E-state index contributed by atoms with van der Waals surface area (Å²) in [6.07, 6.45) is 3.65. The number of fused-ring (bicyclic) bond motifs is 1. The van der Waals surface area contributed by atoms with E-state index in [1.807, 2.05) is 48.8 Å². The number of benzene rings is 2. The van der Waals surface area contributed by atoms with Crippen LogP contribution < -0.4 is 5.73 Å². The summed E-state index contributed by atoms with van der Waals surface area (Å²) >= 11 is 9.70. The Morgan fingerprint density at radius 3 is 2.65 bits per heavy atom. The predicted octanol–water partition coefficient (Wildman–Crippen LogP) is 4.70. The van der Waals surface area contributed by atoms with Crippen molar-refractivity contribution in [3.05, 3.63) is 75.5 Å². The van der Waals surface area contributed by atoms with Crippen molar-refractivity contribution in [2.45, 2.75) is 6.04 Å². The highest BCUT2D eigenvalue weighted by atomic mass is 79.9. The summed E-state index contributed by atoms with van der Waals surface area (Å²) in [7, 11) is 0. The second-order valence-electron chi connectivity index (χ2n) is 4.59. The maximum atomic E-state index is 6.39. The highest BCUT2D eigenvalue weighted by Gasteiger charge is 2.15. The van der Waals surface area contributed by atoms with E-state index in [9.17, 15) is 0 Å². The average Bonchev–Trinajstić information content (AvgIpc) is 2.46. The summed E-state index contributed by atoms with van der Waals surface area (Å²) in [6, 6.07) is 13.5. The van der Waals surface area contributed by atoms with Crippen LogP contribution in [0.3, 0.4) is 0 Å². The van der Waals surface area contributed by atoms with Crippen LogP contribution in [0.5, 0.6) is 0 Å². The monoisotopic (exact) mass is 346 g/mol. The molecule has 20 heavy (non-hydrogen) atoms. The van der Waals surface area contributed by atoms with E-state index in [2.05, 4.69) is 27.0 Å². The Bertz CT molecular complexity index is 768. The first-order valence-electron chi connectivity index (χ1n) is 6.20. The molecule has 1 atom stereocenters. The van der Waals surface area contributed by atoms with Crippen molar-refractivity contribution in [1.82, 2.24) is 4.98 Å². The molecule has 0 radical (unpaired) electrons. The highest BCUT2D eigenvalue weighted by Crippen LogP contribution is 2.31. The van der Waals surface area contributed by atoms with Crippen LogP contribution >= 0.6 is 27.5 Å². The van der Waals surface area contributed by atoms with Gasteiger partial charge in [0.05, 0.1) is 6.04 Å². The van der Waals surface area contributed by atoms with E-state index in [1.165, 1.54) is 0 Å². The lowest BCUT2D eigenvalue weighted by atomic mass is 9.96. The molecule has 3 aromatic rings. The molecule has 1 unspecified atom stereocenters. The number of hydrogen-bond donors (Lipinski definition) is 1. The van der Waals surface area contributed by atoms with Crippen molar-refractivity contribution in [3.63, 3.8) is 0 Å². The maximum absolute atomic E-state index is 6.39. The summed E-state index contributed by atoms with van der Waals surface area (Å²) in [4.78, 5) is 4.27. The number of nitrogens with zero attached hydrogens (tertiary/aromatic N) is 1. The van der Waals surface area contributed by atoms with Crippen LogP contribution in [0.15, 0.2) is 59.3 Å². The lowest BCUT2D eigenvalue weighted by Crippen LogP contribution is -2.13. The first-order valence-corrected chi connectivity index (χ1v) is 7.37. The van der Waals surface area contributed by atoms with Gasteiger partial charge in [-0.15, -0.1) is 0 Å². The minimum absolute atomic E-state index is 0.297. The summed E-state index contributed by atoms with van der Waals surface area (Å²) in [5.74, 6) is 0. The third kappa shape index (κ3) is 2.44. The van der Waals surface area contributed by atoms with Gasteiger partial charge in [-0.1, -0.05) is 57.9 Å². The molecule has 0 saturated carbocycles. The van der Waals surface area contributed by atoms with Crippen LogP contribution in [0.25, 0.3) is 10.8 Å². The molecule has 2 aromatic carbocycles. The van der Waals surface area contributed by atoms with Gasteiger partial charge in [0.1, 0.15) is 0 Å². The molecule has 3 rings (SSSR count). The van der Waals surface area contributed by atoms with E-state index >= 15 is 0 Å². The van der Waals surface area contributed by atoms with E-state index in [0.717, 1.165) is 26.4 Å². The van der Waals surface area contributed by atoms with E-state index in [-0.39, 0.29) is 6.04 Å². The Kier molecular flexibility index (Phi) is 3.74. The molecule has 1 heterocycles. The Balaban J connectivity index is 2.15. The molecule has 0 spiro atoms. The number of pyridine rings is 1. The number of rotatable bonds is 2. The second-order valence-corrected chi connectivity index (χ2v) is 5.92. The zero-order valence-corrected chi connectivity index (χ0v) is 12.9. The highest BCUT2D eigenvalue weighted by molar-refractivity contribution is 9.10. The molecule has 100 valence electrons. The molecule has 0 amide bonds. The minimum atomic E-state index is -0.297. The van der Waals surface area contributed by atoms with Gasteiger partial charge >= 0.3 is 0 Å². The second kappa shape index (κ2) is 5.52. The Hall–Kier alpha value is -1.42. The van der Waals surface area contributed by atoms with E-state index in [1.54, 1.807) is 0 Å². The Morgan fingerprint density at radius 1 is 1.05 bits per heavy atom. The zero-order valence-electron chi connectivity index (χ0n) is 10.6. The van der Waals surface area contributed by atoms with E-state index in [0.29, 0.717) is 5.02 Å². The van der Waals surface area contributed by atoms with Crippen molar-refractivity contribution in [1.29, 1.82) is 0 Å². The first-order chi connectivity index (χ1) is 9.66. The fourth-order valence-corrected chi connectivity index (χ4v) is 3.10. The lowest BCUT2D eigenvalue weighted by molar-refractivity contribution is 0.873. The summed E-state index contributed by atoms with van der Waals surface area (Å²) in [6.45, 7) is 0. The van der Waals surface area contributed by atoms with Crippen LogP contribution in [0.2, 0.25) is 5.02 Å². The van der Waals surface area contributed by atoms with Gasteiger partial charge < -0.3 is 5.73 Å². The first kappa shape index (κ1) is 13.6. The van der Waals surface area contributed by atoms with Gasteiger partial charge in [-0.3, -0.25) is 4.98 Å². The van der Waals surface area contributed by atoms with Gasteiger partial charge in [-0.2, -0.15) is 0 Å². The van der Waals surface area contributed by atoms with Crippen molar-refractivity contribution in [3.8, 4) is 0 Å². The summed E-state index contributed by atoms with van der Waals surface area (Å²) < 4.78 is 0.939. The lowest BCUT2D eigenvalue weighted by Gasteiger charge is -2.16. The maximum Gasteiger partial charge on any atom is 0.0587 e. The molecule has 0 saturated heterocycles. The average molecular weight is 348 g/mol. The topological polar surface area (TPSA) is 38.9 Å². The van der Waals surface area contributed by atoms with Gasteiger partial charge in [-0.25, -0.2) is 0 Å². The third-order valence-corrected chi connectivity index (χ3v) is 4.15. The molecule has 0 aliphatic carbocycles.